The molecule has 1 atom stereocenters. The van der Waals surface area contributed by atoms with Crippen molar-refractivity contribution >= 4 is 5.69 Å². The summed E-state index contributed by atoms with van der Waals surface area (Å²) in [6, 6.07) is 7.52. The molecule has 1 unspecified atom stereocenters. The first kappa shape index (κ1) is 14.4. The lowest BCUT2D eigenvalue weighted by Crippen LogP contribution is -2.30. The van der Waals surface area contributed by atoms with Crippen LogP contribution in [-0.2, 0) is 0 Å². The van der Waals surface area contributed by atoms with E-state index in [0.29, 0.717) is 6.54 Å². The maximum atomic E-state index is 10.2. The van der Waals surface area contributed by atoms with Crippen LogP contribution in [0.5, 0.6) is 0 Å². The van der Waals surface area contributed by atoms with E-state index in [-0.39, 0.29) is 0 Å². The summed E-state index contributed by atoms with van der Waals surface area (Å²) in [4.78, 5) is 2.26. The SMILES string of the molecule is CN(CC1CCCCC1)CC(O)c1ccc(N)cc1. The molecule has 0 aliphatic heterocycles. The Labute approximate surface area is 116 Å². The highest BCUT2D eigenvalue weighted by Crippen LogP contribution is 2.24. The zero-order chi connectivity index (χ0) is 13.7. The van der Waals surface area contributed by atoms with Crippen molar-refractivity contribution in [2.75, 3.05) is 25.9 Å². The van der Waals surface area contributed by atoms with Gasteiger partial charge >= 0.3 is 0 Å². The van der Waals surface area contributed by atoms with Crippen molar-refractivity contribution in [1.82, 2.24) is 4.90 Å². The van der Waals surface area contributed by atoms with E-state index in [1.165, 1.54) is 32.1 Å². The summed E-state index contributed by atoms with van der Waals surface area (Å²) in [7, 11) is 2.11. The summed E-state index contributed by atoms with van der Waals surface area (Å²) in [5.41, 5.74) is 7.35. The van der Waals surface area contributed by atoms with E-state index in [2.05, 4.69) is 11.9 Å². The Morgan fingerprint density at radius 3 is 2.47 bits per heavy atom. The van der Waals surface area contributed by atoms with E-state index in [0.717, 1.165) is 23.7 Å². The largest absolute Gasteiger partial charge is 0.399 e. The standard InChI is InChI=1S/C16H26N2O/c1-18(11-13-5-3-2-4-6-13)12-16(19)14-7-9-15(17)10-8-14/h7-10,13,16,19H,2-6,11-12,17H2,1H3. The molecule has 0 aromatic heterocycles. The second-order valence-electron chi connectivity index (χ2n) is 5.91. The van der Waals surface area contributed by atoms with Gasteiger partial charge in [-0.1, -0.05) is 31.4 Å². The molecule has 0 radical (unpaired) electrons. The zero-order valence-corrected chi connectivity index (χ0v) is 11.9. The number of hydrogen-bond acceptors (Lipinski definition) is 3. The van der Waals surface area contributed by atoms with Crippen LogP contribution >= 0.6 is 0 Å². The average molecular weight is 262 g/mol. The van der Waals surface area contributed by atoms with Gasteiger partial charge in [0.2, 0.25) is 0 Å². The van der Waals surface area contributed by atoms with E-state index in [1.807, 2.05) is 24.3 Å². The highest BCUT2D eigenvalue weighted by molar-refractivity contribution is 5.39. The fraction of sp³-hybridized carbons (Fsp3) is 0.625. The van der Waals surface area contributed by atoms with E-state index in [1.54, 1.807) is 0 Å². The predicted molar refractivity (Wildman–Crippen MR) is 79.9 cm³/mol. The second kappa shape index (κ2) is 6.92. The predicted octanol–water partition coefficient (Wildman–Crippen LogP) is 2.81. The molecule has 0 saturated heterocycles. The van der Waals surface area contributed by atoms with Gasteiger partial charge in [-0.25, -0.2) is 0 Å². The molecule has 1 saturated carbocycles. The lowest BCUT2D eigenvalue weighted by molar-refractivity contribution is 0.113. The fourth-order valence-corrected chi connectivity index (χ4v) is 3.00. The number of likely N-dealkylation sites (N-methyl/N-ethyl adjacent to an activating group) is 1. The van der Waals surface area contributed by atoms with Crippen LogP contribution in [0, 0.1) is 5.92 Å². The van der Waals surface area contributed by atoms with Crippen molar-refractivity contribution in [2.24, 2.45) is 5.92 Å². The van der Waals surface area contributed by atoms with Gasteiger partial charge in [0.25, 0.3) is 0 Å². The van der Waals surface area contributed by atoms with E-state index in [4.69, 9.17) is 5.73 Å². The molecule has 1 fully saturated rings. The van der Waals surface area contributed by atoms with Gasteiger partial charge in [-0.2, -0.15) is 0 Å². The summed E-state index contributed by atoms with van der Waals surface area (Å²) in [6.07, 6.45) is 6.42. The Kier molecular flexibility index (Phi) is 5.23. The second-order valence-corrected chi connectivity index (χ2v) is 5.91. The van der Waals surface area contributed by atoms with Crippen molar-refractivity contribution in [1.29, 1.82) is 0 Å². The van der Waals surface area contributed by atoms with Crippen LogP contribution in [0.1, 0.15) is 43.8 Å². The van der Waals surface area contributed by atoms with Gasteiger partial charge < -0.3 is 15.7 Å². The number of anilines is 1. The van der Waals surface area contributed by atoms with Gasteiger partial charge in [-0.05, 0) is 43.5 Å². The third kappa shape index (κ3) is 4.51. The lowest BCUT2D eigenvalue weighted by Gasteiger charge is -2.28. The molecule has 19 heavy (non-hydrogen) atoms. The lowest BCUT2D eigenvalue weighted by atomic mass is 9.89. The van der Waals surface area contributed by atoms with Gasteiger partial charge in [-0.3, -0.25) is 0 Å². The van der Waals surface area contributed by atoms with Crippen molar-refractivity contribution < 1.29 is 5.11 Å². The van der Waals surface area contributed by atoms with Gasteiger partial charge in [-0.15, -0.1) is 0 Å². The van der Waals surface area contributed by atoms with Gasteiger partial charge in [0.05, 0.1) is 6.10 Å². The number of nitrogen functional groups attached to an aromatic ring is 1. The molecule has 1 aromatic carbocycles. The molecular formula is C16H26N2O. The molecule has 0 bridgehead atoms. The topological polar surface area (TPSA) is 49.5 Å². The minimum absolute atomic E-state index is 0.422. The molecule has 2 rings (SSSR count). The first-order valence-corrected chi connectivity index (χ1v) is 7.37. The number of nitrogens with two attached hydrogens (primary N) is 1. The van der Waals surface area contributed by atoms with Gasteiger partial charge in [0.15, 0.2) is 0 Å². The molecule has 0 amide bonds. The molecule has 1 aromatic rings. The molecule has 0 heterocycles. The van der Waals surface area contributed by atoms with Crippen LogP contribution in [0.4, 0.5) is 5.69 Å². The van der Waals surface area contributed by atoms with Crippen LogP contribution in [0.25, 0.3) is 0 Å². The molecular weight excluding hydrogens is 236 g/mol. The Morgan fingerprint density at radius 2 is 1.84 bits per heavy atom. The first-order valence-electron chi connectivity index (χ1n) is 7.37. The number of aliphatic hydroxyl groups is 1. The quantitative estimate of drug-likeness (QED) is 0.802. The average Bonchev–Trinajstić information content (AvgIpc) is 2.40. The number of aliphatic hydroxyl groups excluding tert-OH is 1. The fourth-order valence-electron chi connectivity index (χ4n) is 3.00. The Balaban J connectivity index is 1.80. The minimum Gasteiger partial charge on any atom is -0.399 e. The van der Waals surface area contributed by atoms with Crippen LogP contribution < -0.4 is 5.73 Å². The van der Waals surface area contributed by atoms with Crippen LogP contribution in [0.15, 0.2) is 24.3 Å². The first-order chi connectivity index (χ1) is 9.15. The third-order valence-corrected chi connectivity index (χ3v) is 4.10. The maximum absolute atomic E-state index is 10.2. The smallest absolute Gasteiger partial charge is 0.0916 e. The van der Waals surface area contributed by atoms with Crippen molar-refractivity contribution in [2.45, 2.75) is 38.2 Å². The summed E-state index contributed by atoms with van der Waals surface area (Å²) >= 11 is 0. The van der Waals surface area contributed by atoms with Crippen LogP contribution in [0.3, 0.4) is 0 Å². The molecule has 3 heteroatoms. The molecule has 106 valence electrons. The maximum Gasteiger partial charge on any atom is 0.0916 e. The van der Waals surface area contributed by atoms with Crippen molar-refractivity contribution in [3.05, 3.63) is 29.8 Å². The number of hydrogen-bond donors (Lipinski definition) is 2. The molecule has 3 N–H and O–H groups in total. The highest BCUT2D eigenvalue weighted by atomic mass is 16.3. The van der Waals surface area contributed by atoms with Crippen LogP contribution in [0.2, 0.25) is 0 Å². The summed E-state index contributed by atoms with van der Waals surface area (Å²) < 4.78 is 0. The van der Waals surface area contributed by atoms with Gasteiger partial charge in [0, 0.05) is 18.8 Å². The van der Waals surface area contributed by atoms with Gasteiger partial charge in [0.1, 0.15) is 0 Å². The molecule has 3 nitrogen and oxygen atoms in total. The molecule has 1 aliphatic rings. The highest BCUT2D eigenvalue weighted by Gasteiger charge is 2.17. The van der Waals surface area contributed by atoms with Crippen LogP contribution in [-0.4, -0.2) is 30.1 Å². The minimum atomic E-state index is -0.422. The third-order valence-electron chi connectivity index (χ3n) is 4.10. The monoisotopic (exact) mass is 262 g/mol. The number of nitrogens with zero attached hydrogens (tertiary/aromatic N) is 1. The summed E-state index contributed by atoms with van der Waals surface area (Å²) in [5, 5.41) is 10.2. The zero-order valence-electron chi connectivity index (χ0n) is 11.9. The number of rotatable bonds is 5. The number of benzene rings is 1. The summed E-state index contributed by atoms with van der Waals surface area (Å²) in [6.45, 7) is 1.80. The van der Waals surface area contributed by atoms with E-state index < -0.39 is 6.10 Å². The Hall–Kier alpha value is -1.06. The van der Waals surface area contributed by atoms with E-state index in [9.17, 15) is 5.11 Å². The van der Waals surface area contributed by atoms with Crippen molar-refractivity contribution in [3.63, 3.8) is 0 Å². The Morgan fingerprint density at radius 1 is 1.21 bits per heavy atom. The molecule has 1 aliphatic carbocycles. The summed E-state index contributed by atoms with van der Waals surface area (Å²) in [5.74, 6) is 0.817. The Bertz CT molecular complexity index is 371. The van der Waals surface area contributed by atoms with E-state index >= 15 is 0 Å². The van der Waals surface area contributed by atoms with Crippen molar-refractivity contribution in [3.8, 4) is 0 Å². The molecule has 0 spiro atoms. The normalized spacial score (nSPS) is 18.7.